The van der Waals surface area contributed by atoms with Crippen LogP contribution in [0.2, 0.25) is 0 Å². The first-order valence-electron chi connectivity index (χ1n) is 6.78. The summed E-state index contributed by atoms with van der Waals surface area (Å²) in [5.74, 6) is 0. The summed E-state index contributed by atoms with van der Waals surface area (Å²) in [6.45, 7) is 1.95. The smallest absolute Gasteiger partial charge is 0.269 e. The summed E-state index contributed by atoms with van der Waals surface area (Å²) in [6.07, 6.45) is 0. The number of hydrogen-bond acceptors (Lipinski definition) is 4. The monoisotopic (exact) mass is 286 g/mol. The van der Waals surface area contributed by atoms with Crippen LogP contribution in [0.1, 0.15) is 30.1 Å². The highest BCUT2D eigenvalue weighted by atomic mass is 16.6. The van der Waals surface area contributed by atoms with E-state index in [1.165, 1.54) is 12.1 Å². The molecule has 0 aromatic heterocycles. The number of nitro groups is 1. The molecule has 0 heterocycles. The average Bonchev–Trinajstić information content (AvgIpc) is 2.53. The van der Waals surface area contributed by atoms with E-state index >= 15 is 0 Å². The fourth-order valence-electron chi connectivity index (χ4n) is 2.22. The third-order valence-electron chi connectivity index (χ3n) is 3.44. The largest absolute Gasteiger partial charge is 0.394 e. The van der Waals surface area contributed by atoms with Crippen LogP contribution in [0.15, 0.2) is 54.6 Å². The molecule has 0 radical (unpaired) electrons. The third-order valence-corrected chi connectivity index (χ3v) is 3.44. The van der Waals surface area contributed by atoms with Gasteiger partial charge in [-0.3, -0.25) is 10.1 Å². The maximum absolute atomic E-state index is 10.6. The van der Waals surface area contributed by atoms with Crippen LogP contribution in [-0.2, 0) is 0 Å². The van der Waals surface area contributed by atoms with Crippen molar-refractivity contribution in [3.05, 3.63) is 75.8 Å². The van der Waals surface area contributed by atoms with Gasteiger partial charge in [-0.25, -0.2) is 0 Å². The lowest BCUT2D eigenvalue weighted by Gasteiger charge is -2.22. The van der Waals surface area contributed by atoms with Gasteiger partial charge in [0.15, 0.2) is 0 Å². The second-order valence-electron chi connectivity index (χ2n) is 4.88. The molecule has 0 saturated carbocycles. The first kappa shape index (κ1) is 15.2. The van der Waals surface area contributed by atoms with E-state index in [9.17, 15) is 15.2 Å². The van der Waals surface area contributed by atoms with Crippen LogP contribution in [0.5, 0.6) is 0 Å². The normalized spacial score (nSPS) is 13.6. The number of aliphatic hydroxyl groups is 1. The van der Waals surface area contributed by atoms with Gasteiger partial charge in [-0.05, 0) is 18.1 Å². The summed E-state index contributed by atoms with van der Waals surface area (Å²) in [5, 5.41) is 23.5. The number of benzene rings is 2. The molecular formula is C16H18N2O3. The Labute approximate surface area is 123 Å². The highest BCUT2D eigenvalue weighted by molar-refractivity contribution is 5.34. The second kappa shape index (κ2) is 6.97. The van der Waals surface area contributed by atoms with Crippen LogP contribution in [-0.4, -0.2) is 16.6 Å². The highest BCUT2D eigenvalue weighted by Crippen LogP contribution is 2.21. The van der Waals surface area contributed by atoms with Gasteiger partial charge in [-0.1, -0.05) is 42.5 Å². The van der Waals surface area contributed by atoms with Gasteiger partial charge in [0.25, 0.3) is 5.69 Å². The van der Waals surface area contributed by atoms with Gasteiger partial charge in [-0.15, -0.1) is 0 Å². The summed E-state index contributed by atoms with van der Waals surface area (Å²) < 4.78 is 0. The standard InChI is InChI=1S/C16H18N2O3/c1-12(13-7-9-15(10-8-13)18(20)21)17-16(11-19)14-5-3-2-4-6-14/h2-10,12,16-17,19H,11H2,1H3/t12?,16-/m0/s1. The van der Waals surface area contributed by atoms with Gasteiger partial charge in [0.05, 0.1) is 17.6 Å². The summed E-state index contributed by atoms with van der Waals surface area (Å²) in [4.78, 5) is 10.2. The zero-order valence-electron chi connectivity index (χ0n) is 11.8. The Balaban J connectivity index is 2.09. The van der Waals surface area contributed by atoms with Crippen LogP contribution in [0.4, 0.5) is 5.69 Å². The molecule has 110 valence electrons. The molecule has 2 aromatic carbocycles. The Morgan fingerprint density at radius 3 is 2.24 bits per heavy atom. The first-order valence-corrected chi connectivity index (χ1v) is 6.78. The van der Waals surface area contributed by atoms with Gasteiger partial charge in [0.2, 0.25) is 0 Å². The summed E-state index contributed by atoms with van der Waals surface area (Å²) in [7, 11) is 0. The van der Waals surface area contributed by atoms with Gasteiger partial charge in [0.1, 0.15) is 0 Å². The molecular weight excluding hydrogens is 268 g/mol. The number of nitro benzene ring substituents is 1. The quantitative estimate of drug-likeness (QED) is 0.632. The molecule has 21 heavy (non-hydrogen) atoms. The van der Waals surface area contributed by atoms with E-state index in [1.807, 2.05) is 37.3 Å². The van der Waals surface area contributed by atoms with Crippen molar-refractivity contribution in [1.82, 2.24) is 5.32 Å². The summed E-state index contributed by atoms with van der Waals surface area (Å²) in [6, 6.07) is 15.9. The Morgan fingerprint density at radius 1 is 1.10 bits per heavy atom. The zero-order chi connectivity index (χ0) is 15.2. The predicted molar refractivity (Wildman–Crippen MR) is 80.9 cm³/mol. The van der Waals surface area contributed by atoms with Gasteiger partial charge < -0.3 is 10.4 Å². The van der Waals surface area contributed by atoms with Crippen molar-refractivity contribution in [2.75, 3.05) is 6.61 Å². The molecule has 0 aliphatic heterocycles. The predicted octanol–water partition coefficient (Wildman–Crippen LogP) is 2.98. The maximum Gasteiger partial charge on any atom is 0.269 e. The van der Waals surface area contributed by atoms with Crippen molar-refractivity contribution >= 4 is 5.69 Å². The minimum absolute atomic E-state index is 0.0126. The molecule has 2 N–H and O–H groups in total. The average molecular weight is 286 g/mol. The first-order chi connectivity index (χ1) is 10.1. The fraction of sp³-hybridized carbons (Fsp3) is 0.250. The topological polar surface area (TPSA) is 75.4 Å². The van der Waals surface area contributed by atoms with Crippen LogP contribution in [0.25, 0.3) is 0 Å². The van der Waals surface area contributed by atoms with Crippen molar-refractivity contribution in [2.24, 2.45) is 0 Å². The molecule has 0 bridgehead atoms. The fourth-order valence-corrected chi connectivity index (χ4v) is 2.22. The minimum Gasteiger partial charge on any atom is -0.394 e. The molecule has 0 spiro atoms. The molecule has 2 rings (SSSR count). The number of nitrogens with one attached hydrogen (secondary N) is 1. The molecule has 0 aliphatic carbocycles. The number of nitrogens with zero attached hydrogens (tertiary/aromatic N) is 1. The lowest BCUT2D eigenvalue weighted by molar-refractivity contribution is -0.384. The molecule has 5 nitrogen and oxygen atoms in total. The Bertz CT molecular complexity index is 584. The lowest BCUT2D eigenvalue weighted by atomic mass is 10.0. The Morgan fingerprint density at radius 2 is 1.71 bits per heavy atom. The SMILES string of the molecule is CC(N[C@@H](CO)c1ccccc1)c1ccc([N+](=O)[O-])cc1. The van der Waals surface area contributed by atoms with E-state index in [0.717, 1.165) is 11.1 Å². The summed E-state index contributed by atoms with van der Waals surface area (Å²) in [5.41, 5.74) is 2.02. The molecule has 1 unspecified atom stereocenters. The molecule has 2 aromatic rings. The highest BCUT2D eigenvalue weighted by Gasteiger charge is 2.15. The number of non-ortho nitro benzene ring substituents is 1. The van der Waals surface area contributed by atoms with Crippen LogP contribution >= 0.6 is 0 Å². The van der Waals surface area contributed by atoms with Crippen molar-refractivity contribution in [1.29, 1.82) is 0 Å². The minimum atomic E-state index is -0.414. The van der Waals surface area contributed by atoms with E-state index in [4.69, 9.17) is 0 Å². The van der Waals surface area contributed by atoms with E-state index in [0.29, 0.717) is 0 Å². The number of rotatable bonds is 6. The second-order valence-corrected chi connectivity index (χ2v) is 4.88. The molecule has 2 atom stereocenters. The van der Waals surface area contributed by atoms with Gasteiger partial charge >= 0.3 is 0 Å². The Hall–Kier alpha value is -2.24. The van der Waals surface area contributed by atoms with E-state index in [1.54, 1.807) is 12.1 Å². The third kappa shape index (κ3) is 3.87. The van der Waals surface area contributed by atoms with Crippen LogP contribution in [0, 0.1) is 10.1 Å². The van der Waals surface area contributed by atoms with E-state index < -0.39 is 4.92 Å². The van der Waals surface area contributed by atoms with E-state index in [-0.39, 0.29) is 24.4 Å². The van der Waals surface area contributed by atoms with Crippen molar-refractivity contribution in [3.8, 4) is 0 Å². The molecule has 0 fully saturated rings. The molecule has 0 aliphatic rings. The van der Waals surface area contributed by atoms with Crippen molar-refractivity contribution in [3.63, 3.8) is 0 Å². The maximum atomic E-state index is 10.6. The van der Waals surface area contributed by atoms with Crippen LogP contribution < -0.4 is 5.32 Å². The Kier molecular flexibility index (Phi) is 5.03. The number of aliphatic hydroxyl groups excluding tert-OH is 1. The molecule has 5 heteroatoms. The van der Waals surface area contributed by atoms with Gasteiger partial charge in [-0.2, -0.15) is 0 Å². The van der Waals surface area contributed by atoms with Crippen molar-refractivity contribution in [2.45, 2.75) is 19.0 Å². The number of hydrogen-bond donors (Lipinski definition) is 2. The van der Waals surface area contributed by atoms with Crippen molar-refractivity contribution < 1.29 is 10.0 Å². The molecule has 0 saturated heterocycles. The molecule has 0 amide bonds. The van der Waals surface area contributed by atoms with Crippen LogP contribution in [0.3, 0.4) is 0 Å². The lowest BCUT2D eigenvalue weighted by Crippen LogP contribution is -2.27. The zero-order valence-corrected chi connectivity index (χ0v) is 11.8. The van der Waals surface area contributed by atoms with E-state index in [2.05, 4.69) is 5.32 Å². The summed E-state index contributed by atoms with van der Waals surface area (Å²) >= 11 is 0. The van der Waals surface area contributed by atoms with Gasteiger partial charge in [0, 0.05) is 18.2 Å².